The van der Waals surface area contributed by atoms with Gasteiger partial charge in [-0.25, -0.2) is 9.37 Å². The highest BCUT2D eigenvalue weighted by Gasteiger charge is 2.23. The van der Waals surface area contributed by atoms with Crippen molar-refractivity contribution in [1.29, 1.82) is 0 Å². The topological polar surface area (TPSA) is 68.2 Å². The molecule has 1 fully saturated rings. The number of hydrogen-bond acceptors (Lipinski definition) is 5. The molecule has 102 valence electrons. The van der Waals surface area contributed by atoms with Crippen molar-refractivity contribution in [3.8, 4) is 0 Å². The zero-order valence-electron chi connectivity index (χ0n) is 10.8. The molecule has 3 aromatic rings. The zero-order chi connectivity index (χ0) is 13.7. The van der Waals surface area contributed by atoms with Crippen LogP contribution in [0.1, 0.15) is 12.8 Å². The second-order valence-electron chi connectivity index (χ2n) is 4.99. The van der Waals surface area contributed by atoms with Crippen molar-refractivity contribution >= 4 is 33.8 Å². The SMILES string of the molecule is Nc1nc(N2CCCC2)c2oc3cccc(F)c3c2n1. The summed E-state index contributed by atoms with van der Waals surface area (Å²) < 4.78 is 19.8. The van der Waals surface area contributed by atoms with Crippen LogP contribution in [0.4, 0.5) is 16.2 Å². The smallest absolute Gasteiger partial charge is 0.222 e. The summed E-state index contributed by atoms with van der Waals surface area (Å²) in [5, 5.41) is 0.372. The third-order valence-electron chi connectivity index (χ3n) is 3.69. The molecule has 4 rings (SSSR count). The minimum atomic E-state index is -0.355. The van der Waals surface area contributed by atoms with Crippen LogP contribution in [-0.4, -0.2) is 23.1 Å². The maximum atomic E-state index is 14.0. The minimum absolute atomic E-state index is 0.144. The van der Waals surface area contributed by atoms with Crippen molar-refractivity contribution in [3.05, 3.63) is 24.0 Å². The van der Waals surface area contributed by atoms with Crippen molar-refractivity contribution in [3.63, 3.8) is 0 Å². The van der Waals surface area contributed by atoms with Gasteiger partial charge >= 0.3 is 0 Å². The standard InChI is InChI=1S/C14H13FN4O/c15-8-4-3-5-9-10(8)11-12(20-9)13(18-14(16)17-11)19-6-1-2-7-19/h3-5H,1-2,6-7H2,(H2,16,17,18). The monoisotopic (exact) mass is 272 g/mol. The van der Waals surface area contributed by atoms with E-state index in [1.807, 2.05) is 0 Å². The maximum Gasteiger partial charge on any atom is 0.222 e. The van der Waals surface area contributed by atoms with Gasteiger partial charge in [-0.05, 0) is 25.0 Å². The molecule has 0 bridgehead atoms. The first-order chi connectivity index (χ1) is 9.74. The molecule has 0 spiro atoms. The molecule has 0 unspecified atom stereocenters. The molecular formula is C14H13FN4O. The fourth-order valence-corrected chi connectivity index (χ4v) is 2.79. The Hall–Kier alpha value is -2.37. The summed E-state index contributed by atoms with van der Waals surface area (Å²) in [5.41, 5.74) is 7.22. The molecule has 6 heteroatoms. The average Bonchev–Trinajstić information content (AvgIpc) is 3.05. The number of fused-ring (bicyclic) bond motifs is 3. The Labute approximate surface area is 114 Å². The first-order valence-corrected chi connectivity index (χ1v) is 6.63. The highest BCUT2D eigenvalue weighted by Crippen LogP contribution is 2.35. The van der Waals surface area contributed by atoms with E-state index in [1.165, 1.54) is 6.07 Å². The molecule has 2 aromatic heterocycles. The minimum Gasteiger partial charge on any atom is -0.450 e. The van der Waals surface area contributed by atoms with Gasteiger partial charge in [0.15, 0.2) is 11.4 Å². The van der Waals surface area contributed by atoms with Crippen molar-refractivity contribution in [2.75, 3.05) is 23.7 Å². The van der Waals surface area contributed by atoms with Crippen LogP contribution >= 0.6 is 0 Å². The first-order valence-electron chi connectivity index (χ1n) is 6.63. The number of nitrogens with zero attached hydrogens (tertiary/aromatic N) is 3. The predicted molar refractivity (Wildman–Crippen MR) is 75.1 cm³/mol. The van der Waals surface area contributed by atoms with E-state index < -0.39 is 0 Å². The van der Waals surface area contributed by atoms with Crippen LogP contribution in [0, 0.1) is 5.82 Å². The molecule has 1 aliphatic rings. The van der Waals surface area contributed by atoms with E-state index in [0.29, 0.717) is 27.9 Å². The quantitative estimate of drug-likeness (QED) is 0.737. The van der Waals surface area contributed by atoms with Gasteiger partial charge < -0.3 is 15.1 Å². The summed E-state index contributed by atoms with van der Waals surface area (Å²) in [7, 11) is 0. The van der Waals surface area contributed by atoms with E-state index in [9.17, 15) is 4.39 Å². The number of nitrogen functional groups attached to an aromatic ring is 1. The Morgan fingerprint density at radius 2 is 2.00 bits per heavy atom. The summed E-state index contributed by atoms with van der Waals surface area (Å²) >= 11 is 0. The molecular weight excluding hydrogens is 259 g/mol. The Balaban J connectivity index is 2.09. The number of hydrogen-bond donors (Lipinski definition) is 1. The highest BCUT2D eigenvalue weighted by atomic mass is 19.1. The summed E-state index contributed by atoms with van der Waals surface area (Å²) in [6, 6.07) is 4.74. The lowest BCUT2D eigenvalue weighted by Gasteiger charge is -2.16. The van der Waals surface area contributed by atoms with Gasteiger partial charge in [0, 0.05) is 13.1 Å². The number of anilines is 2. The molecule has 0 atom stereocenters. The number of furan rings is 1. The van der Waals surface area contributed by atoms with E-state index in [0.717, 1.165) is 25.9 Å². The molecule has 1 saturated heterocycles. The molecule has 1 aromatic carbocycles. The van der Waals surface area contributed by atoms with E-state index in [1.54, 1.807) is 12.1 Å². The van der Waals surface area contributed by atoms with Gasteiger partial charge in [-0.2, -0.15) is 4.98 Å². The Morgan fingerprint density at radius 1 is 1.20 bits per heavy atom. The van der Waals surface area contributed by atoms with Crippen molar-refractivity contribution in [1.82, 2.24) is 9.97 Å². The predicted octanol–water partition coefficient (Wildman–Crippen LogP) is 2.70. The molecule has 0 aliphatic carbocycles. The number of nitrogens with two attached hydrogens (primary N) is 1. The van der Waals surface area contributed by atoms with Crippen molar-refractivity contribution in [2.45, 2.75) is 12.8 Å². The molecule has 20 heavy (non-hydrogen) atoms. The number of halogens is 1. The van der Waals surface area contributed by atoms with Crippen LogP contribution in [0.25, 0.3) is 22.1 Å². The normalized spacial score (nSPS) is 15.6. The van der Waals surface area contributed by atoms with Gasteiger partial charge in [0.05, 0.1) is 5.39 Å². The van der Waals surface area contributed by atoms with Gasteiger partial charge in [-0.15, -0.1) is 0 Å². The van der Waals surface area contributed by atoms with Gasteiger partial charge in [0.1, 0.15) is 16.9 Å². The van der Waals surface area contributed by atoms with Crippen LogP contribution < -0.4 is 10.6 Å². The lowest BCUT2D eigenvalue weighted by molar-refractivity contribution is 0.633. The number of aromatic nitrogens is 2. The number of rotatable bonds is 1. The van der Waals surface area contributed by atoms with Crippen LogP contribution in [0.2, 0.25) is 0 Å². The van der Waals surface area contributed by atoms with Crippen LogP contribution in [0.3, 0.4) is 0 Å². The largest absolute Gasteiger partial charge is 0.450 e. The summed E-state index contributed by atoms with van der Waals surface area (Å²) in [4.78, 5) is 10.6. The van der Waals surface area contributed by atoms with Crippen LogP contribution in [-0.2, 0) is 0 Å². The fraction of sp³-hybridized carbons (Fsp3) is 0.286. The molecule has 5 nitrogen and oxygen atoms in total. The van der Waals surface area contributed by atoms with Crippen LogP contribution in [0.5, 0.6) is 0 Å². The van der Waals surface area contributed by atoms with E-state index in [4.69, 9.17) is 10.2 Å². The van der Waals surface area contributed by atoms with Crippen molar-refractivity contribution < 1.29 is 8.81 Å². The zero-order valence-corrected chi connectivity index (χ0v) is 10.8. The third kappa shape index (κ3) is 1.54. The fourth-order valence-electron chi connectivity index (χ4n) is 2.79. The van der Waals surface area contributed by atoms with Crippen LogP contribution in [0.15, 0.2) is 22.6 Å². The number of benzene rings is 1. The average molecular weight is 272 g/mol. The molecule has 1 aliphatic heterocycles. The van der Waals surface area contributed by atoms with Gasteiger partial charge in [0.2, 0.25) is 5.95 Å². The summed E-state index contributed by atoms with van der Waals surface area (Å²) in [5.74, 6) is 0.456. The Bertz CT molecular complexity index is 808. The third-order valence-corrected chi connectivity index (χ3v) is 3.69. The molecule has 3 heterocycles. The lowest BCUT2D eigenvalue weighted by Crippen LogP contribution is -2.19. The molecule has 0 saturated carbocycles. The van der Waals surface area contributed by atoms with Crippen molar-refractivity contribution in [2.24, 2.45) is 0 Å². The second kappa shape index (κ2) is 4.06. The highest BCUT2D eigenvalue weighted by molar-refractivity contribution is 6.06. The first kappa shape index (κ1) is 11.5. The summed E-state index contributed by atoms with van der Waals surface area (Å²) in [6.45, 7) is 1.82. The molecule has 0 radical (unpaired) electrons. The van der Waals surface area contributed by atoms with E-state index in [2.05, 4.69) is 14.9 Å². The molecule has 0 amide bonds. The van der Waals surface area contributed by atoms with Gasteiger partial charge in [-0.1, -0.05) is 6.07 Å². The Kier molecular flexibility index (Phi) is 2.33. The summed E-state index contributed by atoms with van der Waals surface area (Å²) in [6.07, 6.45) is 2.22. The van der Waals surface area contributed by atoms with Gasteiger partial charge in [0.25, 0.3) is 0 Å². The Morgan fingerprint density at radius 3 is 2.80 bits per heavy atom. The van der Waals surface area contributed by atoms with E-state index in [-0.39, 0.29) is 11.8 Å². The van der Waals surface area contributed by atoms with E-state index >= 15 is 0 Å². The second-order valence-corrected chi connectivity index (χ2v) is 4.99. The lowest BCUT2D eigenvalue weighted by atomic mass is 10.2. The molecule has 2 N–H and O–H groups in total. The maximum absolute atomic E-state index is 14.0. The van der Waals surface area contributed by atoms with Gasteiger partial charge in [-0.3, -0.25) is 0 Å².